The zero-order valence-electron chi connectivity index (χ0n) is 28.4. The van der Waals surface area contributed by atoms with Crippen LogP contribution in [0.15, 0.2) is 28.6 Å². The molecule has 2 heterocycles. The van der Waals surface area contributed by atoms with Crippen LogP contribution < -0.4 is 20.7 Å². The lowest BCUT2D eigenvalue weighted by atomic mass is 9.70. The second-order valence-corrected chi connectivity index (χ2v) is 17.4. The van der Waals surface area contributed by atoms with E-state index in [0.29, 0.717) is 32.1 Å². The molecule has 4 N–H and O–H groups in total. The summed E-state index contributed by atoms with van der Waals surface area (Å²) >= 11 is 0.950. The van der Waals surface area contributed by atoms with E-state index in [-0.39, 0.29) is 23.3 Å². The molecule has 4 amide bonds. The number of hydrogen-bond donors (Lipinski definition) is 4. The molecule has 48 heavy (non-hydrogen) atoms. The van der Waals surface area contributed by atoms with Crippen molar-refractivity contribution in [2.45, 2.75) is 120 Å². The molecule has 1 aromatic heterocycles. The number of amides is 4. The van der Waals surface area contributed by atoms with E-state index in [4.69, 9.17) is 0 Å². The largest absolute Gasteiger partial charge is 0.346 e. The highest BCUT2D eigenvalue weighted by atomic mass is 32.2. The zero-order chi connectivity index (χ0) is 35.3. The summed E-state index contributed by atoms with van der Waals surface area (Å²) in [6.07, 6.45) is 9.80. The summed E-state index contributed by atoms with van der Waals surface area (Å²) in [6, 6.07) is -4.18. The van der Waals surface area contributed by atoms with Gasteiger partial charge in [0.05, 0.1) is 6.04 Å². The Kier molecular flexibility index (Phi) is 12.2. The van der Waals surface area contributed by atoms with E-state index in [2.05, 4.69) is 32.2 Å². The number of Topliss-reactive ketones (excluding diaryl/α,β-unsaturated/α-hetero) is 1. The summed E-state index contributed by atoms with van der Waals surface area (Å²) in [5, 5.41) is 9.67. The number of carbonyl (C=O) groups is 5. The highest BCUT2D eigenvalue weighted by molar-refractivity contribution is 7.91. The van der Waals surface area contributed by atoms with E-state index in [1.165, 1.54) is 17.2 Å². The van der Waals surface area contributed by atoms with E-state index in [1.54, 1.807) is 26.2 Å². The van der Waals surface area contributed by atoms with Gasteiger partial charge in [-0.25, -0.2) is 13.4 Å². The van der Waals surface area contributed by atoms with Crippen LogP contribution in [0.2, 0.25) is 0 Å². The van der Waals surface area contributed by atoms with Crippen molar-refractivity contribution in [2.24, 2.45) is 16.7 Å². The smallest absolute Gasteiger partial charge is 0.289 e. The van der Waals surface area contributed by atoms with Crippen molar-refractivity contribution in [3.8, 4) is 0 Å². The monoisotopic (exact) mass is 706 g/mol. The second kappa shape index (κ2) is 15.6. The third kappa shape index (κ3) is 9.29. The van der Waals surface area contributed by atoms with Crippen LogP contribution in [0.3, 0.4) is 0 Å². The molecule has 266 valence electrons. The molecule has 0 bridgehead atoms. The molecule has 0 spiro atoms. The van der Waals surface area contributed by atoms with Crippen molar-refractivity contribution in [2.75, 3.05) is 13.1 Å². The SMILES string of the molecule is C=CCNC(=O)C(=O)C(CC1CC1)NC(=O)[C@@H]1CCCN1C(=O)[C@@H](NC(=O)[C@@H](NS(=O)(=O)c1nccs1)C1(C)CCCCC1)C(C)(C)C. The van der Waals surface area contributed by atoms with Crippen LogP contribution in [0.4, 0.5) is 0 Å². The summed E-state index contributed by atoms with van der Waals surface area (Å²) in [5.74, 6) is -2.93. The Hall–Kier alpha value is -3.17. The second-order valence-electron chi connectivity index (χ2n) is 14.7. The number of nitrogens with zero attached hydrogens (tertiary/aromatic N) is 2. The number of thiazole rings is 1. The van der Waals surface area contributed by atoms with Crippen LogP contribution in [0, 0.1) is 16.7 Å². The lowest BCUT2D eigenvalue weighted by Crippen LogP contribution is -2.63. The lowest BCUT2D eigenvalue weighted by Gasteiger charge is -2.42. The van der Waals surface area contributed by atoms with Crippen molar-refractivity contribution >= 4 is 50.8 Å². The lowest BCUT2D eigenvalue weighted by molar-refractivity contribution is -0.145. The van der Waals surface area contributed by atoms with Crippen LogP contribution in [0.25, 0.3) is 0 Å². The number of rotatable bonds is 15. The molecule has 1 aliphatic heterocycles. The van der Waals surface area contributed by atoms with Gasteiger partial charge >= 0.3 is 0 Å². The number of aromatic nitrogens is 1. The minimum absolute atomic E-state index is 0.117. The number of sulfonamides is 1. The third-order valence-corrected chi connectivity index (χ3v) is 12.3. The molecule has 1 saturated heterocycles. The van der Waals surface area contributed by atoms with Crippen molar-refractivity contribution in [3.63, 3.8) is 0 Å². The molecule has 2 saturated carbocycles. The van der Waals surface area contributed by atoms with Gasteiger partial charge in [-0.05, 0) is 48.9 Å². The van der Waals surface area contributed by atoms with Crippen molar-refractivity contribution < 1.29 is 32.4 Å². The Morgan fingerprint density at radius 2 is 1.77 bits per heavy atom. The Morgan fingerprint density at radius 1 is 1.08 bits per heavy atom. The quantitative estimate of drug-likeness (QED) is 0.158. The number of ketones is 1. The van der Waals surface area contributed by atoms with E-state index in [0.717, 1.165) is 43.4 Å². The highest BCUT2D eigenvalue weighted by Gasteiger charge is 2.47. The topological polar surface area (TPSA) is 184 Å². The summed E-state index contributed by atoms with van der Waals surface area (Å²) < 4.78 is 29.1. The fourth-order valence-corrected chi connectivity index (χ4v) is 8.83. The van der Waals surface area contributed by atoms with Crippen LogP contribution in [0.1, 0.15) is 91.9 Å². The van der Waals surface area contributed by atoms with Crippen molar-refractivity contribution in [1.29, 1.82) is 0 Å². The Balaban J connectivity index is 1.54. The zero-order valence-corrected chi connectivity index (χ0v) is 30.0. The van der Waals surface area contributed by atoms with Gasteiger partial charge in [-0.1, -0.05) is 65.9 Å². The maximum atomic E-state index is 14.3. The average Bonchev–Trinajstić information content (AvgIpc) is 3.44. The first-order valence-corrected chi connectivity index (χ1v) is 19.2. The first kappa shape index (κ1) is 37.6. The molecule has 13 nitrogen and oxygen atoms in total. The van der Waals surface area contributed by atoms with Gasteiger partial charge in [0.15, 0.2) is 0 Å². The maximum Gasteiger partial charge on any atom is 0.289 e. The molecule has 0 aromatic carbocycles. The molecule has 3 fully saturated rings. The molecule has 2 aliphatic carbocycles. The first-order valence-electron chi connectivity index (χ1n) is 16.8. The van der Waals surface area contributed by atoms with Gasteiger partial charge in [-0.3, -0.25) is 24.0 Å². The van der Waals surface area contributed by atoms with Crippen molar-refractivity contribution in [3.05, 3.63) is 24.2 Å². The van der Waals surface area contributed by atoms with Gasteiger partial charge in [0.1, 0.15) is 18.1 Å². The van der Waals surface area contributed by atoms with Crippen LogP contribution >= 0.6 is 11.3 Å². The number of likely N-dealkylation sites (tertiary alicyclic amines) is 1. The molecule has 4 rings (SSSR count). The minimum atomic E-state index is -4.12. The van der Waals surface area contributed by atoms with Crippen molar-refractivity contribution in [1.82, 2.24) is 30.6 Å². The molecular weight excluding hydrogens is 657 g/mol. The fourth-order valence-electron chi connectivity index (χ4n) is 6.65. The van der Waals surface area contributed by atoms with Gasteiger partial charge in [-0.15, -0.1) is 17.9 Å². The predicted octanol–water partition coefficient (Wildman–Crippen LogP) is 2.44. The normalized spacial score (nSPS) is 21.4. The standard InChI is InChI=1S/C33H50N6O7S2/c1-6-16-34-28(42)24(40)22(20-21-12-13-21)36-27(41)23-11-10-18-39(23)30(44)26(32(2,3)4)37-29(43)25(33(5)14-8-7-9-15-33)38-48(45,46)31-35-17-19-47-31/h6,17,19,21-23,25-26,38H,1,7-16,18,20H2,2-5H3,(H,34,42)(H,36,41)(H,37,43)/t22?,23-,25+,26+/m0/s1. The average molecular weight is 707 g/mol. The van der Waals surface area contributed by atoms with E-state index in [1.807, 2.05) is 6.92 Å². The molecule has 1 unspecified atom stereocenters. The number of carbonyl (C=O) groups excluding carboxylic acids is 5. The maximum absolute atomic E-state index is 14.3. The van der Waals surface area contributed by atoms with E-state index in [9.17, 15) is 32.4 Å². The predicted molar refractivity (Wildman–Crippen MR) is 181 cm³/mol. The molecule has 15 heteroatoms. The van der Waals surface area contributed by atoms with E-state index < -0.39 is 74.4 Å². The van der Waals surface area contributed by atoms with Gasteiger partial charge in [0, 0.05) is 24.7 Å². The van der Waals surface area contributed by atoms with E-state index >= 15 is 0 Å². The van der Waals surface area contributed by atoms with Gasteiger partial charge < -0.3 is 20.9 Å². The minimum Gasteiger partial charge on any atom is -0.346 e. The highest BCUT2D eigenvalue weighted by Crippen LogP contribution is 2.40. The molecule has 3 aliphatic rings. The van der Waals surface area contributed by atoms with Gasteiger partial charge in [-0.2, -0.15) is 4.72 Å². The molecule has 0 radical (unpaired) electrons. The van der Waals surface area contributed by atoms with Crippen LogP contribution in [-0.4, -0.2) is 85.0 Å². The summed E-state index contributed by atoms with van der Waals surface area (Å²) in [7, 11) is -4.12. The van der Waals surface area contributed by atoms with Crippen LogP contribution in [-0.2, 0) is 34.0 Å². The number of hydrogen-bond acceptors (Lipinski definition) is 9. The summed E-state index contributed by atoms with van der Waals surface area (Å²) in [4.78, 5) is 72.9. The van der Waals surface area contributed by atoms with Gasteiger partial charge in [0.25, 0.3) is 15.9 Å². The third-order valence-electron chi connectivity index (χ3n) is 9.64. The van der Waals surface area contributed by atoms with Crippen LogP contribution in [0.5, 0.6) is 0 Å². The number of nitrogens with one attached hydrogen (secondary N) is 4. The van der Waals surface area contributed by atoms with Gasteiger partial charge in [0.2, 0.25) is 27.8 Å². The summed E-state index contributed by atoms with van der Waals surface area (Å²) in [6.45, 7) is 11.2. The molecule has 1 aromatic rings. The first-order chi connectivity index (χ1) is 22.6. The molecule has 4 atom stereocenters. The fraction of sp³-hybridized carbons (Fsp3) is 0.697. The Labute approximate surface area is 287 Å². The Morgan fingerprint density at radius 3 is 2.35 bits per heavy atom. The summed E-state index contributed by atoms with van der Waals surface area (Å²) in [5.41, 5.74) is -1.51. The molecular formula is C33H50N6O7S2. The Bertz CT molecular complexity index is 1460.